The summed E-state index contributed by atoms with van der Waals surface area (Å²) >= 11 is 2.87. The number of ether oxygens (including phenoxy) is 1. The van der Waals surface area contributed by atoms with Crippen molar-refractivity contribution in [3.05, 3.63) is 46.8 Å². The number of nitrogens with zero attached hydrogens (tertiary/aromatic N) is 2. The molecule has 3 aromatic rings. The Hall–Kier alpha value is -2.58. The normalized spacial score (nSPS) is 10.5. The second-order valence-electron chi connectivity index (χ2n) is 5.56. The van der Waals surface area contributed by atoms with Crippen LogP contribution in [-0.2, 0) is 4.79 Å². The average molecular weight is 387 g/mol. The van der Waals surface area contributed by atoms with Crippen LogP contribution in [0.2, 0.25) is 0 Å². The van der Waals surface area contributed by atoms with Crippen molar-refractivity contribution in [1.29, 1.82) is 0 Å². The summed E-state index contributed by atoms with van der Waals surface area (Å²) < 4.78 is 5.23. The molecule has 2 heterocycles. The quantitative estimate of drug-likeness (QED) is 0.615. The molecule has 0 bridgehead atoms. The van der Waals surface area contributed by atoms with Gasteiger partial charge in [-0.05, 0) is 30.5 Å². The molecule has 0 unspecified atom stereocenters. The fourth-order valence-corrected chi connectivity index (χ4v) is 3.91. The predicted octanol–water partition coefficient (Wildman–Crippen LogP) is 4.19. The standard InChI is InChI=1S/C18H17N3O3S2/c1-11-5-7-14(24-2)12(10-11)13(22)6-8-16(23)19-18-21-20-17(26-18)15-4-3-9-25-15/h3-5,7,9-10H,6,8H2,1-2H3,(H,19,21,23). The summed E-state index contributed by atoms with van der Waals surface area (Å²) in [7, 11) is 1.52. The zero-order valence-electron chi connectivity index (χ0n) is 14.3. The molecule has 0 atom stereocenters. The highest BCUT2D eigenvalue weighted by Gasteiger charge is 2.15. The van der Waals surface area contributed by atoms with Crippen molar-refractivity contribution in [2.75, 3.05) is 12.4 Å². The highest BCUT2D eigenvalue weighted by molar-refractivity contribution is 7.23. The predicted molar refractivity (Wildman–Crippen MR) is 103 cm³/mol. The number of anilines is 1. The van der Waals surface area contributed by atoms with Crippen LogP contribution in [0.4, 0.5) is 5.13 Å². The maximum Gasteiger partial charge on any atom is 0.226 e. The van der Waals surface area contributed by atoms with E-state index in [0.717, 1.165) is 15.4 Å². The Kier molecular flexibility index (Phi) is 5.75. The van der Waals surface area contributed by atoms with Gasteiger partial charge in [-0.1, -0.05) is 29.0 Å². The zero-order chi connectivity index (χ0) is 18.5. The molecule has 1 N–H and O–H groups in total. The first kappa shape index (κ1) is 18.2. The van der Waals surface area contributed by atoms with Crippen LogP contribution in [-0.4, -0.2) is 29.0 Å². The van der Waals surface area contributed by atoms with E-state index in [4.69, 9.17) is 4.74 Å². The molecule has 0 spiro atoms. The molecule has 0 radical (unpaired) electrons. The van der Waals surface area contributed by atoms with Crippen molar-refractivity contribution in [1.82, 2.24) is 10.2 Å². The average Bonchev–Trinajstić information content (AvgIpc) is 3.31. The molecule has 8 heteroatoms. The Bertz CT molecular complexity index is 920. The highest BCUT2D eigenvalue weighted by atomic mass is 32.1. The number of carbonyl (C=O) groups is 2. The first-order valence-corrected chi connectivity index (χ1v) is 9.61. The van der Waals surface area contributed by atoms with Gasteiger partial charge in [0.15, 0.2) is 10.8 Å². The second-order valence-corrected chi connectivity index (χ2v) is 7.49. The third-order valence-corrected chi connectivity index (χ3v) is 5.52. The van der Waals surface area contributed by atoms with E-state index >= 15 is 0 Å². The minimum atomic E-state index is -0.265. The lowest BCUT2D eigenvalue weighted by atomic mass is 10.0. The molecule has 0 saturated heterocycles. The summed E-state index contributed by atoms with van der Waals surface area (Å²) in [5.74, 6) is 0.127. The Morgan fingerprint density at radius 2 is 2.04 bits per heavy atom. The molecular weight excluding hydrogens is 370 g/mol. The number of nitrogens with one attached hydrogen (secondary N) is 1. The summed E-state index contributed by atoms with van der Waals surface area (Å²) in [6.45, 7) is 1.91. The lowest BCUT2D eigenvalue weighted by Crippen LogP contribution is -2.13. The molecule has 0 saturated carbocycles. The first-order chi connectivity index (χ1) is 12.6. The number of Topliss-reactive ketones (excluding diaryl/α,β-unsaturated/α-hetero) is 1. The van der Waals surface area contributed by atoms with Gasteiger partial charge >= 0.3 is 0 Å². The Labute approximate surface area is 158 Å². The summed E-state index contributed by atoms with van der Waals surface area (Å²) in [5, 5.41) is 13.9. The molecule has 0 aliphatic rings. The van der Waals surface area contributed by atoms with Gasteiger partial charge in [0, 0.05) is 12.8 Å². The van der Waals surface area contributed by atoms with Crippen molar-refractivity contribution < 1.29 is 14.3 Å². The van der Waals surface area contributed by atoms with Crippen molar-refractivity contribution >= 4 is 39.5 Å². The Morgan fingerprint density at radius 1 is 1.19 bits per heavy atom. The molecule has 0 aliphatic carbocycles. The number of methoxy groups -OCH3 is 1. The van der Waals surface area contributed by atoms with Crippen LogP contribution in [0.25, 0.3) is 9.88 Å². The van der Waals surface area contributed by atoms with Crippen LogP contribution >= 0.6 is 22.7 Å². The topological polar surface area (TPSA) is 81.2 Å². The summed E-state index contributed by atoms with van der Waals surface area (Å²) in [6, 6.07) is 9.30. The van der Waals surface area contributed by atoms with Crippen molar-refractivity contribution in [3.8, 4) is 15.6 Å². The van der Waals surface area contributed by atoms with Gasteiger partial charge < -0.3 is 10.1 Å². The third kappa shape index (κ3) is 4.33. The highest BCUT2D eigenvalue weighted by Crippen LogP contribution is 2.29. The maximum absolute atomic E-state index is 12.4. The number of amides is 1. The van der Waals surface area contributed by atoms with Gasteiger partial charge in [0.2, 0.25) is 11.0 Å². The molecule has 0 fully saturated rings. The number of aryl methyl sites for hydroxylation is 1. The van der Waals surface area contributed by atoms with E-state index in [1.54, 1.807) is 23.5 Å². The zero-order valence-corrected chi connectivity index (χ0v) is 15.9. The largest absolute Gasteiger partial charge is 0.496 e. The van der Waals surface area contributed by atoms with E-state index in [2.05, 4.69) is 15.5 Å². The SMILES string of the molecule is COc1ccc(C)cc1C(=O)CCC(=O)Nc1nnc(-c2cccs2)s1. The second kappa shape index (κ2) is 8.20. The number of benzene rings is 1. The monoisotopic (exact) mass is 387 g/mol. The van der Waals surface area contributed by atoms with Gasteiger partial charge in [-0.25, -0.2) is 0 Å². The minimum Gasteiger partial charge on any atom is -0.496 e. The van der Waals surface area contributed by atoms with Crippen LogP contribution in [0.3, 0.4) is 0 Å². The van der Waals surface area contributed by atoms with Crippen LogP contribution in [0.15, 0.2) is 35.7 Å². The minimum absolute atomic E-state index is 0.0733. The number of rotatable bonds is 7. The van der Waals surface area contributed by atoms with Gasteiger partial charge in [-0.3, -0.25) is 9.59 Å². The van der Waals surface area contributed by atoms with Crippen LogP contribution in [0.1, 0.15) is 28.8 Å². The summed E-state index contributed by atoms with van der Waals surface area (Å²) in [6.07, 6.45) is 0.173. The molecule has 1 aromatic carbocycles. The Balaban J connectivity index is 1.57. The number of aromatic nitrogens is 2. The number of ketones is 1. The van der Waals surface area contributed by atoms with E-state index in [9.17, 15) is 9.59 Å². The number of thiophene rings is 1. The van der Waals surface area contributed by atoms with Crippen LogP contribution in [0.5, 0.6) is 5.75 Å². The van der Waals surface area contributed by atoms with E-state index in [1.165, 1.54) is 18.4 Å². The summed E-state index contributed by atoms with van der Waals surface area (Å²) in [5.41, 5.74) is 1.46. The number of hydrogen-bond donors (Lipinski definition) is 1. The van der Waals surface area contributed by atoms with Crippen molar-refractivity contribution in [3.63, 3.8) is 0 Å². The van der Waals surface area contributed by atoms with Crippen LogP contribution < -0.4 is 10.1 Å². The Morgan fingerprint density at radius 3 is 2.77 bits per heavy atom. The molecule has 6 nitrogen and oxygen atoms in total. The summed E-state index contributed by atoms with van der Waals surface area (Å²) in [4.78, 5) is 25.5. The number of carbonyl (C=O) groups excluding carboxylic acids is 2. The lowest BCUT2D eigenvalue weighted by molar-refractivity contribution is -0.116. The van der Waals surface area contributed by atoms with Gasteiger partial charge in [-0.15, -0.1) is 21.5 Å². The van der Waals surface area contributed by atoms with Gasteiger partial charge in [-0.2, -0.15) is 0 Å². The van der Waals surface area contributed by atoms with Gasteiger partial charge in [0.25, 0.3) is 0 Å². The fourth-order valence-electron chi connectivity index (χ4n) is 2.36. The van der Waals surface area contributed by atoms with Crippen molar-refractivity contribution in [2.24, 2.45) is 0 Å². The van der Waals surface area contributed by atoms with E-state index in [-0.39, 0.29) is 24.5 Å². The van der Waals surface area contributed by atoms with E-state index < -0.39 is 0 Å². The molecule has 26 heavy (non-hydrogen) atoms. The molecular formula is C18H17N3O3S2. The molecule has 3 rings (SSSR count). The van der Waals surface area contributed by atoms with E-state index in [0.29, 0.717) is 16.4 Å². The maximum atomic E-state index is 12.4. The number of hydrogen-bond acceptors (Lipinski definition) is 7. The lowest BCUT2D eigenvalue weighted by Gasteiger charge is -2.08. The van der Waals surface area contributed by atoms with E-state index in [1.807, 2.05) is 30.5 Å². The van der Waals surface area contributed by atoms with Crippen LogP contribution in [0, 0.1) is 6.92 Å². The molecule has 1 amide bonds. The van der Waals surface area contributed by atoms with Gasteiger partial charge in [0.1, 0.15) is 5.75 Å². The van der Waals surface area contributed by atoms with Gasteiger partial charge in [0.05, 0.1) is 17.6 Å². The smallest absolute Gasteiger partial charge is 0.226 e. The third-order valence-electron chi connectivity index (χ3n) is 3.64. The van der Waals surface area contributed by atoms with Crippen molar-refractivity contribution in [2.45, 2.75) is 19.8 Å². The fraction of sp³-hybridized carbons (Fsp3) is 0.222. The first-order valence-electron chi connectivity index (χ1n) is 7.92. The molecule has 2 aromatic heterocycles. The molecule has 134 valence electrons. The molecule has 0 aliphatic heterocycles.